The average Bonchev–Trinajstić information content (AvgIpc) is 2.92. The van der Waals surface area contributed by atoms with Crippen molar-refractivity contribution in [2.45, 2.75) is 30.8 Å². The molecule has 1 saturated heterocycles. The van der Waals surface area contributed by atoms with E-state index in [9.17, 15) is 22.0 Å². The van der Waals surface area contributed by atoms with E-state index in [0.29, 0.717) is 48.5 Å². The number of hydrogen-bond donors (Lipinski definition) is 1. The smallest absolute Gasteiger partial charge is 0.264 e. The lowest BCUT2D eigenvalue weighted by Crippen LogP contribution is -2.54. The number of rotatable bonds is 7. The molecule has 0 bridgehead atoms. The first kappa shape index (κ1) is 26.7. The number of halogens is 2. The van der Waals surface area contributed by atoms with Crippen LogP contribution in [0.1, 0.15) is 29.3 Å². The Kier molecular flexibility index (Phi) is 7.58. The molecule has 2 heterocycles. The minimum absolute atomic E-state index is 0.0679. The van der Waals surface area contributed by atoms with Gasteiger partial charge < -0.3 is 4.90 Å². The average molecular weight is 551 g/mol. The van der Waals surface area contributed by atoms with Gasteiger partial charge in [-0.2, -0.15) is 0 Å². The number of benzene rings is 3. The molecule has 0 spiro atoms. The molecule has 1 N–H and O–H groups in total. The van der Waals surface area contributed by atoms with Crippen LogP contribution >= 0.6 is 0 Å². The first-order valence-electron chi connectivity index (χ1n) is 12.7. The van der Waals surface area contributed by atoms with E-state index in [1.165, 1.54) is 18.2 Å². The zero-order valence-electron chi connectivity index (χ0n) is 21.3. The number of sulfonamides is 1. The number of carbonyl (C=O) groups is 1. The quantitative estimate of drug-likeness (QED) is 0.348. The fourth-order valence-electron chi connectivity index (χ4n) is 4.99. The Hall–Kier alpha value is -3.89. The van der Waals surface area contributed by atoms with Crippen molar-refractivity contribution in [1.29, 1.82) is 0 Å². The molecular formula is C29H28F2N4O3S. The number of aromatic nitrogens is 1. The second kappa shape index (κ2) is 11.1. The first-order valence-corrected chi connectivity index (χ1v) is 14.2. The van der Waals surface area contributed by atoms with E-state index in [0.717, 1.165) is 17.9 Å². The summed E-state index contributed by atoms with van der Waals surface area (Å²) in [6, 6.07) is 18.3. The zero-order valence-corrected chi connectivity index (χ0v) is 22.2. The summed E-state index contributed by atoms with van der Waals surface area (Å²) >= 11 is 0. The summed E-state index contributed by atoms with van der Waals surface area (Å²) in [5.74, 6) is -1.36. The van der Waals surface area contributed by atoms with Crippen LogP contribution in [0.5, 0.6) is 0 Å². The van der Waals surface area contributed by atoms with Crippen LogP contribution < -0.4 is 4.72 Å². The van der Waals surface area contributed by atoms with Gasteiger partial charge in [0, 0.05) is 61.1 Å². The Bertz CT molecular complexity index is 1590. The van der Waals surface area contributed by atoms with Crippen molar-refractivity contribution in [2.75, 3.05) is 24.4 Å². The van der Waals surface area contributed by atoms with Gasteiger partial charge in [0.05, 0.1) is 5.52 Å². The Morgan fingerprint density at radius 3 is 2.44 bits per heavy atom. The Morgan fingerprint density at radius 1 is 1.00 bits per heavy atom. The van der Waals surface area contributed by atoms with Crippen LogP contribution in [0.3, 0.4) is 0 Å². The van der Waals surface area contributed by atoms with E-state index in [1.54, 1.807) is 54.7 Å². The van der Waals surface area contributed by atoms with Crippen LogP contribution in [0.15, 0.2) is 83.9 Å². The predicted octanol–water partition coefficient (Wildman–Crippen LogP) is 5.05. The molecule has 202 valence electrons. The van der Waals surface area contributed by atoms with E-state index < -0.39 is 21.7 Å². The third kappa shape index (κ3) is 5.91. The zero-order chi connectivity index (χ0) is 27.6. The van der Waals surface area contributed by atoms with Gasteiger partial charge in [0.25, 0.3) is 15.9 Å². The third-order valence-corrected chi connectivity index (χ3v) is 8.31. The van der Waals surface area contributed by atoms with Crippen LogP contribution in [0.4, 0.5) is 14.5 Å². The van der Waals surface area contributed by atoms with Gasteiger partial charge in [0.2, 0.25) is 0 Å². The number of piperazine rings is 1. The molecule has 1 fully saturated rings. The van der Waals surface area contributed by atoms with Gasteiger partial charge in [-0.15, -0.1) is 0 Å². The molecule has 39 heavy (non-hydrogen) atoms. The fraction of sp³-hybridized carbons (Fsp3) is 0.241. The minimum atomic E-state index is -3.90. The van der Waals surface area contributed by atoms with Gasteiger partial charge in [0.1, 0.15) is 16.5 Å². The number of anilines is 1. The third-order valence-electron chi connectivity index (χ3n) is 6.90. The topological polar surface area (TPSA) is 82.6 Å². The van der Waals surface area contributed by atoms with Crippen molar-refractivity contribution in [2.24, 2.45) is 0 Å². The SMILES string of the molecule is CCC1CN(Cc2cc(F)cc(F)c2)CCN1C(=O)c1ccc(NS(=O)(=O)c2cccc3cccnc23)cc1. The summed E-state index contributed by atoms with van der Waals surface area (Å²) in [4.78, 5) is 21.5. The molecule has 7 nitrogen and oxygen atoms in total. The van der Waals surface area contributed by atoms with Crippen molar-refractivity contribution in [3.8, 4) is 0 Å². The molecular weight excluding hydrogens is 522 g/mol. The molecule has 1 aliphatic rings. The van der Waals surface area contributed by atoms with Crippen LogP contribution in [0.25, 0.3) is 10.9 Å². The molecule has 5 rings (SSSR count). The fourth-order valence-corrected chi connectivity index (χ4v) is 6.23. The monoisotopic (exact) mass is 550 g/mol. The van der Waals surface area contributed by atoms with Crippen LogP contribution in [0, 0.1) is 11.6 Å². The van der Waals surface area contributed by atoms with E-state index in [2.05, 4.69) is 14.6 Å². The van der Waals surface area contributed by atoms with Gasteiger partial charge in [-0.05, 0) is 60.5 Å². The minimum Gasteiger partial charge on any atom is -0.333 e. The molecule has 0 saturated carbocycles. The highest BCUT2D eigenvalue weighted by Crippen LogP contribution is 2.24. The lowest BCUT2D eigenvalue weighted by atomic mass is 10.1. The maximum Gasteiger partial charge on any atom is 0.264 e. The second-order valence-electron chi connectivity index (χ2n) is 9.59. The van der Waals surface area contributed by atoms with Gasteiger partial charge in [0.15, 0.2) is 0 Å². The summed E-state index contributed by atoms with van der Waals surface area (Å²) in [6.07, 6.45) is 2.27. The van der Waals surface area contributed by atoms with Crippen molar-refractivity contribution in [3.63, 3.8) is 0 Å². The van der Waals surface area contributed by atoms with E-state index in [4.69, 9.17) is 0 Å². The Balaban J connectivity index is 1.26. The maximum atomic E-state index is 13.6. The second-order valence-corrected chi connectivity index (χ2v) is 11.2. The van der Waals surface area contributed by atoms with Crippen molar-refractivity contribution < 1.29 is 22.0 Å². The van der Waals surface area contributed by atoms with Gasteiger partial charge in [-0.1, -0.05) is 25.1 Å². The summed E-state index contributed by atoms with van der Waals surface area (Å²) in [5, 5.41) is 0.718. The number of amides is 1. The van der Waals surface area contributed by atoms with Crippen LogP contribution in [-0.2, 0) is 16.6 Å². The lowest BCUT2D eigenvalue weighted by Gasteiger charge is -2.41. The largest absolute Gasteiger partial charge is 0.333 e. The summed E-state index contributed by atoms with van der Waals surface area (Å²) in [5.41, 5.74) is 1.72. The number of carbonyl (C=O) groups excluding carboxylic acids is 1. The van der Waals surface area contributed by atoms with Gasteiger partial charge >= 0.3 is 0 Å². The van der Waals surface area contributed by atoms with Crippen LogP contribution in [0.2, 0.25) is 0 Å². The molecule has 1 unspecified atom stereocenters. The summed E-state index contributed by atoms with van der Waals surface area (Å²) < 4.78 is 55.9. The maximum absolute atomic E-state index is 13.6. The molecule has 1 aliphatic heterocycles. The number of fused-ring (bicyclic) bond motifs is 1. The number of para-hydroxylation sites is 1. The van der Waals surface area contributed by atoms with Crippen LogP contribution in [-0.4, -0.2) is 54.8 Å². The number of nitrogens with one attached hydrogen (secondary N) is 1. The number of hydrogen-bond acceptors (Lipinski definition) is 5. The number of nitrogens with zero attached hydrogens (tertiary/aromatic N) is 3. The van der Waals surface area contributed by atoms with Crippen molar-refractivity contribution in [3.05, 3.63) is 102 Å². The highest BCUT2D eigenvalue weighted by molar-refractivity contribution is 7.93. The lowest BCUT2D eigenvalue weighted by molar-refractivity contribution is 0.0430. The number of pyridine rings is 1. The molecule has 3 aromatic carbocycles. The Labute approximate surface area is 226 Å². The highest BCUT2D eigenvalue weighted by atomic mass is 32.2. The highest BCUT2D eigenvalue weighted by Gasteiger charge is 2.30. The molecule has 1 amide bonds. The first-order chi connectivity index (χ1) is 18.7. The van der Waals surface area contributed by atoms with E-state index >= 15 is 0 Å². The molecule has 1 atom stereocenters. The normalized spacial score (nSPS) is 16.4. The predicted molar refractivity (Wildman–Crippen MR) is 146 cm³/mol. The molecule has 10 heteroatoms. The van der Waals surface area contributed by atoms with Gasteiger partial charge in [-0.25, -0.2) is 17.2 Å². The van der Waals surface area contributed by atoms with E-state index in [-0.39, 0.29) is 16.8 Å². The van der Waals surface area contributed by atoms with Crippen molar-refractivity contribution in [1.82, 2.24) is 14.8 Å². The van der Waals surface area contributed by atoms with Gasteiger partial charge in [-0.3, -0.25) is 19.4 Å². The molecule has 1 aromatic heterocycles. The molecule has 0 radical (unpaired) electrons. The van der Waals surface area contributed by atoms with Crippen molar-refractivity contribution >= 4 is 32.5 Å². The Morgan fingerprint density at radius 2 is 1.72 bits per heavy atom. The standard InChI is InChI=1S/C29H28F2N4O3S/c1-2-26-19-34(18-20-15-23(30)17-24(31)16-20)13-14-35(26)29(36)22-8-10-25(11-9-22)33-39(37,38)27-7-3-5-21-6-4-12-32-28(21)27/h3-12,15-17,26,33H,2,13-14,18-19H2,1H3. The molecule has 4 aromatic rings. The summed E-state index contributed by atoms with van der Waals surface area (Å²) in [6.45, 7) is 4.01. The summed E-state index contributed by atoms with van der Waals surface area (Å²) in [7, 11) is -3.90. The molecule has 0 aliphatic carbocycles. The van der Waals surface area contributed by atoms with E-state index in [1.807, 2.05) is 11.8 Å².